The summed E-state index contributed by atoms with van der Waals surface area (Å²) >= 11 is 0. The highest BCUT2D eigenvalue weighted by Gasteiger charge is 2.04. The molecule has 0 radical (unpaired) electrons. The van der Waals surface area contributed by atoms with E-state index in [9.17, 15) is 4.79 Å². The Kier molecular flexibility index (Phi) is 11.5. The van der Waals surface area contributed by atoms with Crippen LogP contribution in [0.5, 0.6) is 0 Å². The van der Waals surface area contributed by atoms with Crippen molar-refractivity contribution in [1.82, 2.24) is 15.3 Å². The molecule has 7 heteroatoms. The number of benzene rings is 1. The summed E-state index contributed by atoms with van der Waals surface area (Å²) in [5, 5.41) is 2.94. The maximum Gasteiger partial charge on any atom is 0.220 e. The number of fused-ring (bicyclic) bond motifs is 1. The number of carbonyl (C=O) groups excluding carboxylic acids is 1. The molecule has 1 aromatic carbocycles. The van der Waals surface area contributed by atoms with E-state index in [1.165, 1.54) is 0 Å². The van der Waals surface area contributed by atoms with Crippen LogP contribution in [0.1, 0.15) is 37.9 Å². The van der Waals surface area contributed by atoms with E-state index in [0.29, 0.717) is 13.0 Å². The standard InChI is InChI=1S/C16H24N4O.2ClH/c17-11-6-2-1-3-9-16(21)18-12-10-15-19-13-7-4-5-8-14(13)20-15;;/h4-5,7-8H,1-3,6,9-12,17H2,(H,18,21)(H,19,20);2*1H. The highest BCUT2D eigenvalue weighted by atomic mass is 35.5. The summed E-state index contributed by atoms with van der Waals surface area (Å²) in [5.41, 5.74) is 7.44. The average Bonchev–Trinajstić information content (AvgIpc) is 2.89. The summed E-state index contributed by atoms with van der Waals surface area (Å²) in [6.07, 6.45) is 5.51. The molecule has 0 aliphatic heterocycles. The molecule has 0 aliphatic rings. The molecule has 2 rings (SSSR count). The SMILES string of the molecule is Cl.Cl.NCCCCCCC(=O)NCCc1nc2ccccc2[nH]1. The topological polar surface area (TPSA) is 83.8 Å². The highest BCUT2D eigenvalue weighted by molar-refractivity contribution is 5.85. The molecule has 1 heterocycles. The molecule has 1 aromatic heterocycles. The number of para-hydroxylation sites is 2. The Morgan fingerprint density at radius 2 is 1.87 bits per heavy atom. The third-order valence-electron chi connectivity index (χ3n) is 3.48. The first kappa shape index (κ1) is 21.7. The van der Waals surface area contributed by atoms with E-state index < -0.39 is 0 Å². The smallest absolute Gasteiger partial charge is 0.220 e. The van der Waals surface area contributed by atoms with Crippen molar-refractivity contribution < 1.29 is 4.79 Å². The normalized spacial score (nSPS) is 9.96. The summed E-state index contributed by atoms with van der Waals surface area (Å²) in [4.78, 5) is 19.4. The lowest BCUT2D eigenvalue weighted by atomic mass is 10.1. The molecule has 0 aliphatic carbocycles. The Balaban J connectivity index is 0.00000242. The fourth-order valence-corrected chi connectivity index (χ4v) is 2.32. The molecule has 0 spiro atoms. The zero-order chi connectivity index (χ0) is 14.9. The van der Waals surface area contributed by atoms with Crippen LogP contribution in [-0.2, 0) is 11.2 Å². The fraction of sp³-hybridized carbons (Fsp3) is 0.500. The molecular formula is C16H26Cl2N4O. The summed E-state index contributed by atoms with van der Waals surface area (Å²) in [5.74, 6) is 1.04. The van der Waals surface area contributed by atoms with Crippen molar-refractivity contribution in [2.24, 2.45) is 5.73 Å². The Bertz CT molecular complexity index is 541. The Labute approximate surface area is 149 Å². The zero-order valence-corrected chi connectivity index (χ0v) is 14.8. The number of rotatable bonds is 9. The van der Waals surface area contributed by atoms with Crippen molar-refractivity contribution in [2.75, 3.05) is 13.1 Å². The molecule has 0 saturated heterocycles. The van der Waals surface area contributed by atoms with Crippen molar-refractivity contribution in [3.8, 4) is 0 Å². The number of amides is 1. The number of imidazole rings is 1. The lowest BCUT2D eigenvalue weighted by Gasteiger charge is -2.04. The molecule has 130 valence electrons. The van der Waals surface area contributed by atoms with Crippen LogP contribution in [0, 0.1) is 0 Å². The van der Waals surface area contributed by atoms with Gasteiger partial charge in [-0.05, 0) is 31.5 Å². The second-order valence-corrected chi connectivity index (χ2v) is 5.25. The van der Waals surface area contributed by atoms with Gasteiger partial charge in [0, 0.05) is 19.4 Å². The van der Waals surface area contributed by atoms with Gasteiger partial charge in [0.05, 0.1) is 11.0 Å². The predicted molar refractivity (Wildman–Crippen MR) is 99.4 cm³/mol. The van der Waals surface area contributed by atoms with Crippen molar-refractivity contribution in [2.45, 2.75) is 38.5 Å². The first-order chi connectivity index (χ1) is 10.3. The Hall–Kier alpha value is -1.30. The minimum absolute atomic E-state index is 0. The van der Waals surface area contributed by atoms with Gasteiger partial charge in [-0.25, -0.2) is 4.98 Å². The third kappa shape index (κ3) is 7.68. The predicted octanol–water partition coefficient (Wildman–Crippen LogP) is 2.97. The first-order valence-electron chi connectivity index (χ1n) is 7.70. The van der Waals surface area contributed by atoms with Crippen LogP contribution >= 0.6 is 24.8 Å². The second-order valence-electron chi connectivity index (χ2n) is 5.25. The number of carbonyl (C=O) groups is 1. The fourth-order valence-electron chi connectivity index (χ4n) is 2.32. The summed E-state index contributed by atoms with van der Waals surface area (Å²) in [6.45, 7) is 1.37. The monoisotopic (exact) mass is 360 g/mol. The second kappa shape index (κ2) is 12.2. The van der Waals surface area contributed by atoms with E-state index in [1.54, 1.807) is 0 Å². The molecule has 0 saturated carbocycles. The lowest BCUT2D eigenvalue weighted by molar-refractivity contribution is -0.121. The maximum atomic E-state index is 11.7. The van der Waals surface area contributed by atoms with E-state index in [2.05, 4.69) is 15.3 Å². The van der Waals surface area contributed by atoms with Gasteiger partial charge in [0.25, 0.3) is 0 Å². The number of aromatic amines is 1. The number of nitrogens with two attached hydrogens (primary N) is 1. The van der Waals surface area contributed by atoms with Crippen molar-refractivity contribution >= 4 is 41.8 Å². The average molecular weight is 361 g/mol. The molecule has 0 fully saturated rings. The number of halogens is 2. The van der Waals surface area contributed by atoms with Crippen LogP contribution in [0.15, 0.2) is 24.3 Å². The molecule has 0 atom stereocenters. The minimum Gasteiger partial charge on any atom is -0.356 e. The van der Waals surface area contributed by atoms with Gasteiger partial charge in [0.1, 0.15) is 5.82 Å². The van der Waals surface area contributed by atoms with Crippen molar-refractivity contribution in [3.05, 3.63) is 30.1 Å². The van der Waals surface area contributed by atoms with Gasteiger partial charge < -0.3 is 16.0 Å². The van der Waals surface area contributed by atoms with Gasteiger partial charge >= 0.3 is 0 Å². The molecule has 4 N–H and O–H groups in total. The number of nitrogens with one attached hydrogen (secondary N) is 2. The van der Waals surface area contributed by atoms with Gasteiger partial charge in [-0.1, -0.05) is 25.0 Å². The number of H-pyrrole nitrogens is 1. The summed E-state index contributed by atoms with van der Waals surface area (Å²) in [7, 11) is 0. The summed E-state index contributed by atoms with van der Waals surface area (Å²) in [6, 6.07) is 7.94. The van der Waals surface area contributed by atoms with Crippen LogP contribution in [0.2, 0.25) is 0 Å². The van der Waals surface area contributed by atoms with Crippen LogP contribution < -0.4 is 11.1 Å². The number of hydrogen-bond donors (Lipinski definition) is 3. The van der Waals surface area contributed by atoms with Crippen LogP contribution in [0.3, 0.4) is 0 Å². The van der Waals surface area contributed by atoms with Gasteiger partial charge in [0.15, 0.2) is 0 Å². The molecule has 0 bridgehead atoms. The van der Waals surface area contributed by atoms with Crippen LogP contribution in [0.4, 0.5) is 0 Å². The van der Waals surface area contributed by atoms with Gasteiger partial charge in [-0.15, -0.1) is 24.8 Å². The van der Waals surface area contributed by atoms with Crippen molar-refractivity contribution in [3.63, 3.8) is 0 Å². The van der Waals surface area contributed by atoms with Gasteiger partial charge in [0.2, 0.25) is 5.91 Å². The van der Waals surface area contributed by atoms with E-state index in [4.69, 9.17) is 5.73 Å². The molecule has 0 unspecified atom stereocenters. The molecule has 2 aromatic rings. The largest absolute Gasteiger partial charge is 0.356 e. The quantitative estimate of drug-likeness (QED) is 0.601. The molecule has 1 amide bonds. The Morgan fingerprint density at radius 1 is 1.13 bits per heavy atom. The number of unbranched alkanes of at least 4 members (excludes halogenated alkanes) is 3. The van der Waals surface area contributed by atoms with Gasteiger partial charge in [-0.2, -0.15) is 0 Å². The van der Waals surface area contributed by atoms with E-state index in [-0.39, 0.29) is 30.7 Å². The maximum absolute atomic E-state index is 11.7. The van der Waals surface area contributed by atoms with Crippen LogP contribution in [0.25, 0.3) is 11.0 Å². The number of nitrogens with zero attached hydrogens (tertiary/aromatic N) is 1. The first-order valence-corrected chi connectivity index (χ1v) is 7.70. The molecule has 23 heavy (non-hydrogen) atoms. The Morgan fingerprint density at radius 3 is 2.61 bits per heavy atom. The highest BCUT2D eigenvalue weighted by Crippen LogP contribution is 2.10. The minimum atomic E-state index is 0. The van der Waals surface area contributed by atoms with E-state index in [0.717, 1.165) is 55.5 Å². The number of hydrogen-bond acceptors (Lipinski definition) is 3. The van der Waals surface area contributed by atoms with Crippen LogP contribution in [-0.4, -0.2) is 29.0 Å². The number of aromatic nitrogens is 2. The lowest BCUT2D eigenvalue weighted by Crippen LogP contribution is -2.25. The van der Waals surface area contributed by atoms with Crippen molar-refractivity contribution in [1.29, 1.82) is 0 Å². The zero-order valence-electron chi connectivity index (χ0n) is 13.2. The van der Waals surface area contributed by atoms with E-state index >= 15 is 0 Å². The van der Waals surface area contributed by atoms with Gasteiger partial charge in [-0.3, -0.25) is 4.79 Å². The molecular weight excluding hydrogens is 335 g/mol. The third-order valence-corrected chi connectivity index (χ3v) is 3.48. The molecule has 5 nitrogen and oxygen atoms in total. The summed E-state index contributed by atoms with van der Waals surface area (Å²) < 4.78 is 0. The van der Waals surface area contributed by atoms with E-state index in [1.807, 2.05) is 24.3 Å².